The summed E-state index contributed by atoms with van der Waals surface area (Å²) < 4.78 is 7.46. The van der Waals surface area contributed by atoms with Crippen LogP contribution in [0.5, 0.6) is 5.75 Å². The molecule has 1 amide bonds. The van der Waals surface area contributed by atoms with Gasteiger partial charge in [-0.1, -0.05) is 18.2 Å². The Morgan fingerprint density at radius 1 is 1.21 bits per heavy atom. The molecule has 0 aliphatic heterocycles. The molecule has 4 nitrogen and oxygen atoms in total. The quantitative estimate of drug-likeness (QED) is 0.744. The van der Waals surface area contributed by atoms with E-state index in [0.717, 1.165) is 17.9 Å². The molecule has 0 atom stereocenters. The van der Waals surface area contributed by atoms with Gasteiger partial charge in [0.2, 0.25) is 0 Å². The summed E-state index contributed by atoms with van der Waals surface area (Å²) in [5.41, 5.74) is 3.40. The third kappa shape index (κ3) is 3.21. The Morgan fingerprint density at radius 2 is 2.00 bits per heavy atom. The topological polar surface area (TPSA) is 43.3 Å². The van der Waals surface area contributed by atoms with E-state index in [-0.39, 0.29) is 5.91 Å². The molecule has 0 aliphatic rings. The van der Waals surface area contributed by atoms with E-state index in [4.69, 9.17) is 4.74 Å². The van der Waals surface area contributed by atoms with Crippen molar-refractivity contribution in [1.82, 2.24) is 4.57 Å². The molecular formula is C19H20N2O2S. The average Bonchev–Trinajstić information content (AvgIpc) is 3.19. The largest absolute Gasteiger partial charge is 0.495 e. The molecule has 1 aromatic carbocycles. The van der Waals surface area contributed by atoms with E-state index in [1.54, 1.807) is 18.4 Å². The van der Waals surface area contributed by atoms with Gasteiger partial charge in [0.1, 0.15) is 5.75 Å². The van der Waals surface area contributed by atoms with E-state index in [0.29, 0.717) is 17.0 Å². The fourth-order valence-electron chi connectivity index (χ4n) is 2.77. The summed E-state index contributed by atoms with van der Waals surface area (Å²) in [6.45, 7) is 4.80. The number of para-hydroxylation sites is 2. The molecule has 3 rings (SSSR count). The van der Waals surface area contributed by atoms with Gasteiger partial charge in [-0.25, -0.2) is 0 Å². The highest BCUT2D eigenvalue weighted by Gasteiger charge is 2.17. The number of aryl methyl sites for hydroxylation is 1. The summed E-state index contributed by atoms with van der Waals surface area (Å²) in [7, 11) is 1.60. The van der Waals surface area contributed by atoms with E-state index >= 15 is 0 Å². The Balaban J connectivity index is 1.85. The molecule has 0 radical (unpaired) electrons. The van der Waals surface area contributed by atoms with Crippen molar-refractivity contribution >= 4 is 22.9 Å². The number of methoxy groups -OCH3 is 1. The van der Waals surface area contributed by atoms with Crippen LogP contribution in [0.25, 0.3) is 0 Å². The molecule has 0 aliphatic carbocycles. The number of benzene rings is 1. The minimum Gasteiger partial charge on any atom is -0.495 e. The molecule has 0 unspecified atom stereocenters. The molecule has 2 aromatic heterocycles. The average molecular weight is 340 g/mol. The number of carbonyl (C=O) groups excluding carboxylic acids is 1. The summed E-state index contributed by atoms with van der Waals surface area (Å²) in [6, 6.07) is 13.5. The van der Waals surface area contributed by atoms with Crippen molar-refractivity contribution < 1.29 is 9.53 Å². The maximum Gasteiger partial charge on any atom is 0.257 e. The lowest BCUT2D eigenvalue weighted by Gasteiger charge is -2.11. The van der Waals surface area contributed by atoms with Crippen LogP contribution < -0.4 is 10.1 Å². The number of nitrogens with one attached hydrogen (secondary N) is 1. The van der Waals surface area contributed by atoms with Crippen LogP contribution in [0.1, 0.15) is 26.6 Å². The van der Waals surface area contributed by atoms with Gasteiger partial charge in [-0.05, 0) is 43.5 Å². The standard InChI is InChI=1S/C19H20N2O2S/c1-13-11-16(14(2)21(13)12-15-7-6-10-24-15)19(22)20-17-8-4-5-9-18(17)23-3/h4-11H,12H2,1-3H3,(H,20,22). The van der Waals surface area contributed by atoms with E-state index in [1.807, 2.05) is 50.2 Å². The summed E-state index contributed by atoms with van der Waals surface area (Å²) in [5, 5.41) is 5.01. The maximum atomic E-state index is 12.7. The van der Waals surface area contributed by atoms with Gasteiger partial charge in [-0.15, -0.1) is 11.3 Å². The zero-order valence-corrected chi connectivity index (χ0v) is 14.8. The molecule has 0 bridgehead atoms. The molecule has 0 saturated heterocycles. The van der Waals surface area contributed by atoms with Crippen LogP contribution in [0.2, 0.25) is 0 Å². The van der Waals surface area contributed by atoms with Crippen molar-refractivity contribution in [2.45, 2.75) is 20.4 Å². The van der Waals surface area contributed by atoms with Crippen molar-refractivity contribution in [3.63, 3.8) is 0 Å². The maximum absolute atomic E-state index is 12.7. The molecule has 0 saturated carbocycles. The van der Waals surface area contributed by atoms with E-state index in [9.17, 15) is 4.79 Å². The first kappa shape index (κ1) is 16.3. The van der Waals surface area contributed by atoms with Crippen molar-refractivity contribution in [1.29, 1.82) is 0 Å². The van der Waals surface area contributed by atoms with Crippen molar-refractivity contribution in [2.75, 3.05) is 12.4 Å². The van der Waals surface area contributed by atoms with Crippen LogP contribution in [-0.2, 0) is 6.54 Å². The summed E-state index contributed by atoms with van der Waals surface area (Å²) in [6.07, 6.45) is 0. The summed E-state index contributed by atoms with van der Waals surface area (Å²) in [5.74, 6) is 0.531. The van der Waals surface area contributed by atoms with E-state index in [2.05, 4.69) is 21.3 Å². The van der Waals surface area contributed by atoms with E-state index < -0.39 is 0 Å². The Hall–Kier alpha value is -2.53. The second kappa shape index (κ2) is 6.93. The minimum atomic E-state index is -0.120. The van der Waals surface area contributed by atoms with Crippen LogP contribution in [0.3, 0.4) is 0 Å². The van der Waals surface area contributed by atoms with Crippen molar-refractivity contribution in [3.05, 3.63) is 69.7 Å². The first-order chi connectivity index (χ1) is 11.6. The molecule has 0 fully saturated rings. The van der Waals surface area contributed by atoms with E-state index in [1.165, 1.54) is 4.88 Å². The van der Waals surface area contributed by atoms with Crippen molar-refractivity contribution in [3.8, 4) is 5.75 Å². The fourth-order valence-corrected chi connectivity index (χ4v) is 3.46. The second-order valence-corrected chi connectivity index (χ2v) is 6.64. The lowest BCUT2D eigenvalue weighted by Crippen LogP contribution is -2.14. The molecule has 124 valence electrons. The Morgan fingerprint density at radius 3 is 2.71 bits per heavy atom. The third-order valence-corrected chi connectivity index (χ3v) is 4.93. The SMILES string of the molecule is COc1ccccc1NC(=O)c1cc(C)n(Cc2cccs2)c1C. The first-order valence-electron chi connectivity index (χ1n) is 7.73. The predicted molar refractivity (Wildman–Crippen MR) is 98.3 cm³/mol. The molecule has 3 aromatic rings. The van der Waals surface area contributed by atoms with Gasteiger partial charge in [0.25, 0.3) is 5.91 Å². The second-order valence-electron chi connectivity index (χ2n) is 5.60. The summed E-state index contributed by atoms with van der Waals surface area (Å²) >= 11 is 1.72. The lowest BCUT2D eigenvalue weighted by molar-refractivity contribution is 0.102. The number of hydrogen-bond donors (Lipinski definition) is 1. The Kier molecular flexibility index (Phi) is 4.71. The molecule has 1 N–H and O–H groups in total. The van der Waals surface area contributed by atoms with Crippen molar-refractivity contribution in [2.24, 2.45) is 0 Å². The Labute approximate surface area is 145 Å². The molecule has 5 heteroatoms. The molecule has 2 heterocycles. The van der Waals surface area contributed by atoms with Crippen LogP contribution in [0, 0.1) is 13.8 Å². The van der Waals surface area contributed by atoms with Gasteiger partial charge >= 0.3 is 0 Å². The highest BCUT2D eigenvalue weighted by molar-refractivity contribution is 7.09. The zero-order valence-electron chi connectivity index (χ0n) is 14.0. The number of hydrogen-bond acceptors (Lipinski definition) is 3. The molecular weight excluding hydrogens is 320 g/mol. The number of ether oxygens (including phenoxy) is 1. The van der Waals surface area contributed by atoms with Crippen LogP contribution in [0.4, 0.5) is 5.69 Å². The monoisotopic (exact) mass is 340 g/mol. The number of rotatable bonds is 5. The predicted octanol–water partition coefficient (Wildman–Crippen LogP) is 4.48. The number of amides is 1. The zero-order chi connectivity index (χ0) is 17.1. The number of nitrogens with zero attached hydrogens (tertiary/aromatic N) is 1. The summed E-state index contributed by atoms with van der Waals surface area (Å²) in [4.78, 5) is 14.0. The first-order valence-corrected chi connectivity index (χ1v) is 8.61. The molecule has 24 heavy (non-hydrogen) atoms. The van der Waals surface area contributed by atoms with Gasteiger partial charge in [-0.2, -0.15) is 0 Å². The highest BCUT2D eigenvalue weighted by atomic mass is 32.1. The third-order valence-electron chi connectivity index (χ3n) is 4.07. The van der Waals surface area contributed by atoms with Gasteiger partial charge in [-0.3, -0.25) is 4.79 Å². The number of thiophene rings is 1. The van der Waals surface area contributed by atoms with Crippen LogP contribution in [-0.4, -0.2) is 17.6 Å². The van der Waals surface area contributed by atoms with Gasteiger partial charge in [0.15, 0.2) is 0 Å². The highest BCUT2D eigenvalue weighted by Crippen LogP contribution is 2.25. The number of anilines is 1. The van der Waals surface area contributed by atoms with Gasteiger partial charge in [0, 0.05) is 16.3 Å². The van der Waals surface area contributed by atoms with Gasteiger partial charge in [0.05, 0.1) is 24.9 Å². The van der Waals surface area contributed by atoms with Gasteiger partial charge < -0.3 is 14.6 Å². The fraction of sp³-hybridized carbons (Fsp3) is 0.211. The normalized spacial score (nSPS) is 10.6. The number of carbonyl (C=O) groups is 1. The number of aromatic nitrogens is 1. The lowest BCUT2D eigenvalue weighted by atomic mass is 10.2. The smallest absolute Gasteiger partial charge is 0.257 e. The van der Waals surface area contributed by atoms with Crippen LogP contribution >= 0.6 is 11.3 Å². The Bertz CT molecular complexity index is 850. The van der Waals surface area contributed by atoms with Crippen LogP contribution in [0.15, 0.2) is 47.8 Å². The molecule has 0 spiro atoms. The minimum absolute atomic E-state index is 0.120.